The van der Waals surface area contributed by atoms with Gasteiger partial charge in [0.1, 0.15) is 0 Å². The van der Waals surface area contributed by atoms with Crippen LogP contribution < -0.4 is 0 Å². The molecule has 0 saturated heterocycles. The first-order valence-electron chi connectivity index (χ1n) is 5.64. The predicted molar refractivity (Wildman–Crippen MR) is 80.2 cm³/mol. The van der Waals surface area contributed by atoms with Crippen LogP contribution in [0.1, 0.15) is 13.8 Å². The molecule has 0 aliphatic heterocycles. The van der Waals surface area contributed by atoms with Crippen LogP contribution >= 0.6 is 20.6 Å². The van der Waals surface area contributed by atoms with Gasteiger partial charge in [-0.05, 0) is 0 Å². The molecule has 0 spiro atoms. The first-order valence-corrected chi connectivity index (χ1v) is 8.48. The summed E-state index contributed by atoms with van der Waals surface area (Å²) in [7, 11) is 0. The molecule has 2 rings (SSSR count). The van der Waals surface area contributed by atoms with Gasteiger partial charge in [-0.3, -0.25) is 0 Å². The predicted octanol–water partition coefficient (Wildman–Crippen LogP) is 3.47. The second-order valence-corrected chi connectivity index (χ2v) is 7.10. The molecule has 4 nitrogen and oxygen atoms in total. The van der Waals surface area contributed by atoms with E-state index in [-0.39, 0.29) is 0 Å². The topological polar surface area (TPSA) is 52.6 Å². The maximum atomic E-state index is 11.2. The fraction of sp³-hybridized carbons (Fsp3) is 0.143. The van der Waals surface area contributed by atoms with Gasteiger partial charge < -0.3 is 0 Å². The Morgan fingerprint density at radius 1 is 0.895 bits per heavy atom. The monoisotopic (exact) mass is 372 g/mol. The van der Waals surface area contributed by atoms with Crippen LogP contribution in [0.15, 0.2) is 42.5 Å². The summed E-state index contributed by atoms with van der Waals surface area (Å²) in [4.78, 5) is 22.3. The quantitative estimate of drug-likeness (QED) is 0.775. The van der Waals surface area contributed by atoms with E-state index in [9.17, 15) is 9.59 Å². The molecule has 2 aromatic carbocycles. The molecule has 0 fully saturated rings. The van der Waals surface area contributed by atoms with E-state index < -0.39 is 32.6 Å². The Bertz CT molecular complexity index is 602. The SMILES string of the molecule is CC(=O)OI(OC(C)=O)c1cccc2ccccc12. The third-order valence-electron chi connectivity index (χ3n) is 2.26. The van der Waals surface area contributed by atoms with Crippen molar-refractivity contribution in [2.24, 2.45) is 0 Å². The zero-order chi connectivity index (χ0) is 13.8. The van der Waals surface area contributed by atoms with Crippen LogP contribution in [0, 0.1) is 3.57 Å². The van der Waals surface area contributed by atoms with E-state index in [4.69, 9.17) is 6.13 Å². The number of fused-ring (bicyclic) bond motifs is 1. The van der Waals surface area contributed by atoms with E-state index in [0.717, 1.165) is 14.3 Å². The molecule has 19 heavy (non-hydrogen) atoms. The summed E-state index contributed by atoms with van der Waals surface area (Å²) < 4.78 is 11.3. The minimum atomic E-state index is -2.75. The molecule has 2 aromatic rings. The normalized spacial score (nSPS) is 10.9. The van der Waals surface area contributed by atoms with Crippen molar-refractivity contribution >= 4 is 43.4 Å². The van der Waals surface area contributed by atoms with Crippen molar-refractivity contribution in [3.05, 3.63) is 46.0 Å². The Balaban J connectivity index is 2.48. The van der Waals surface area contributed by atoms with Gasteiger partial charge >= 0.3 is 119 Å². The van der Waals surface area contributed by atoms with Crippen LogP contribution in [0.2, 0.25) is 0 Å². The third-order valence-corrected chi connectivity index (χ3v) is 6.19. The Morgan fingerprint density at radius 2 is 1.47 bits per heavy atom. The summed E-state index contributed by atoms with van der Waals surface area (Å²) in [5.74, 6) is -0.862. The first kappa shape index (κ1) is 13.8. The third kappa shape index (κ3) is 3.44. The van der Waals surface area contributed by atoms with E-state index in [1.165, 1.54) is 13.8 Å². The van der Waals surface area contributed by atoms with Crippen molar-refractivity contribution in [3.8, 4) is 0 Å². The van der Waals surface area contributed by atoms with Crippen molar-refractivity contribution in [3.63, 3.8) is 0 Å². The molecule has 100 valence electrons. The van der Waals surface area contributed by atoms with Gasteiger partial charge in [-0.25, -0.2) is 0 Å². The molecule has 0 radical (unpaired) electrons. The van der Waals surface area contributed by atoms with Gasteiger partial charge in [0.05, 0.1) is 0 Å². The zero-order valence-corrected chi connectivity index (χ0v) is 12.7. The van der Waals surface area contributed by atoms with Crippen LogP contribution in [0.5, 0.6) is 0 Å². The van der Waals surface area contributed by atoms with Crippen molar-refractivity contribution in [2.45, 2.75) is 13.8 Å². The molecule has 0 N–H and O–H groups in total. The first-order chi connectivity index (χ1) is 9.08. The zero-order valence-electron chi connectivity index (χ0n) is 10.6. The molecule has 0 unspecified atom stereocenters. The molecule has 0 amide bonds. The van der Waals surface area contributed by atoms with Gasteiger partial charge in [-0.15, -0.1) is 0 Å². The minimum absolute atomic E-state index is 0.431. The molecular formula is C14H13IO4. The van der Waals surface area contributed by atoms with Crippen LogP contribution in [-0.2, 0) is 15.7 Å². The molecular weight excluding hydrogens is 359 g/mol. The maximum absolute atomic E-state index is 11.2. The van der Waals surface area contributed by atoms with E-state index >= 15 is 0 Å². The fourth-order valence-electron chi connectivity index (χ4n) is 1.62. The van der Waals surface area contributed by atoms with Gasteiger partial charge in [0.25, 0.3) is 0 Å². The van der Waals surface area contributed by atoms with E-state index in [2.05, 4.69) is 0 Å². The average molecular weight is 372 g/mol. The number of benzene rings is 2. The summed E-state index contributed by atoms with van der Waals surface area (Å²) in [6.07, 6.45) is 0. The summed E-state index contributed by atoms with van der Waals surface area (Å²) in [5, 5.41) is 1.99. The number of halogens is 1. The molecule has 5 heteroatoms. The molecule has 0 aliphatic carbocycles. The van der Waals surface area contributed by atoms with Crippen molar-refractivity contribution in [1.29, 1.82) is 0 Å². The van der Waals surface area contributed by atoms with Crippen LogP contribution in [-0.4, -0.2) is 11.9 Å². The second kappa shape index (κ2) is 6.01. The number of carbonyl (C=O) groups is 2. The number of rotatable bonds is 3. The van der Waals surface area contributed by atoms with E-state index in [0.29, 0.717) is 0 Å². The molecule has 0 aromatic heterocycles. The summed E-state index contributed by atoms with van der Waals surface area (Å²) in [6, 6.07) is 13.4. The molecule has 0 aliphatic rings. The average Bonchev–Trinajstić information content (AvgIpc) is 2.36. The summed E-state index contributed by atoms with van der Waals surface area (Å²) in [5.41, 5.74) is 0. The molecule has 0 saturated carbocycles. The van der Waals surface area contributed by atoms with Crippen LogP contribution in [0.25, 0.3) is 10.8 Å². The van der Waals surface area contributed by atoms with E-state index in [1.807, 2.05) is 42.5 Å². The van der Waals surface area contributed by atoms with Gasteiger partial charge in [0.15, 0.2) is 0 Å². The van der Waals surface area contributed by atoms with Crippen molar-refractivity contribution in [1.82, 2.24) is 0 Å². The molecule has 0 atom stereocenters. The van der Waals surface area contributed by atoms with Crippen molar-refractivity contribution in [2.75, 3.05) is 0 Å². The van der Waals surface area contributed by atoms with Gasteiger partial charge in [0, 0.05) is 0 Å². The fourth-order valence-corrected chi connectivity index (χ4v) is 4.77. The van der Waals surface area contributed by atoms with Crippen LogP contribution in [0.4, 0.5) is 0 Å². The standard InChI is InChI=1S/C14H13IO4/c1-10(16)18-15(19-11(2)17)14-9-5-7-12-6-3-4-8-13(12)14/h3-9H,1-2H3. The molecule has 0 bridgehead atoms. The Kier molecular flexibility index (Phi) is 4.36. The molecule has 0 heterocycles. The van der Waals surface area contributed by atoms with Gasteiger partial charge in [-0.2, -0.15) is 0 Å². The van der Waals surface area contributed by atoms with Gasteiger partial charge in [-0.1, -0.05) is 0 Å². The van der Waals surface area contributed by atoms with Crippen LogP contribution in [0.3, 0.4) is 0 Å². The second-order valence-electron chi connectivity index (χ2n) is 3.82. The summed E-state index contributed by atoms with van der Waals surface area (Å²) >= 11 is -2.75. The Morgan fingerprint density at radius 3 is 2.11 bits per heavy atom. The number of hydrogen-bond acceptors (Lipinski definition) is 4. The van der Waals surface area contributed by atoms with Crippen molar-refractivity contribution < 1.29 is 15.7 Å². The number of carbonyl (C=O) groups excluding carboxylic acids is 2. The summed E-state index contributed by atoms with van der Waals surface area (Å²) in [6.45, 7) is 2.64. The van der Waals surface area contributed by atoms with E-state index in [1.54, 1.807) is 0 Å². The Labute approximate surface area is 119 Å². The van der Waals surface area contributed by atoms with Gasteiger partial charge in [0.2, 0.25) is 0 Å². The Hall–Kier alpha value is -1.63. The number of hydrogen-bond donors (Lipinski definition) is 0.